The largest absolute Gasteiger partial charge is 0.454 e. The topological polar surface area (TPSA) is 116 Å². The van der Waals surface area contributed by atoms with Crippen molar-refractivity contribution in [1.82, 2.24) is 23.6 Å². The minimum Gasteiger partial charge on any atom is -0.454 e. The normalized spacial score (nSPS) is 12.0. The molecule has 3 aromatic rings. The van der Waals surface area contributed by atoms with Crippen LogP contribution in [0.3, 0.4) is 0 Å². The van der Waals surface area contributed by atoms with E-state index in [4.69, 9.17) is 4.74 Å². The SMILES string of the molecule is CCn1c(COC(=O)c2c(C)c(C)nn(C)c2=O)nc2cc(S(=O)(=O)N(C)C)ccc21. The lowest BCUT2D eigenvalue weighted by Crippen LogP contribution is -2.30. The van der Waals surface area contributed by atoms with E-state index >= 15 is 0 Å². The molecule has 31 heavy (non-hydrogen) atoms. The molecule has 0 amide bonds. The number of sulfonamides is 1. The highest BCUT2D eigenvalue weighted by molar-refractivity contribution is 7.89. The molecule has 11 heteroatoms. The third-order valence-electron chi connectivity index (χ3n) is 5.16. The van der Waals surface area contributed by atoms with Gasteiger partial charge in [0.2, 0.25) is 10.0 Å². The molecule has 0 bridgehead atoms. The average molecular weight is 448 g/mol. The molecule has 2 aromatic heterocycles. The number of carbonyl (C=O) groups excluding carboxylic acids is 1. The maximum atomic E-state index is 12.7. The van der Waals surface area contributed by atoms with Gasteiger partial charge in [-0.15, -0.1) is 0 Å². The number of nitrogens with zero attached hydrogens (tertiary/aromatic N) is 5. The van der Waals surface area contributed by atoms with E-state index in [1.807, 2.05) is 11.5 Å². The molecule has 0 spiro atoms. The fourth-order valence-corrected chi connectivity index (χ4v) is 4.21. The van der Waals surface area contributed by atoms with Crippen LogP contribution in [0, 0.1) is 13.8 Å². The summed E-state index contributed by atoms with van der Waals surface area (Å²) in [6.45, 7) is 5.64. The molecule has 2 heterocycles. The molecular formula is C20H25N5O5S. The Morgan fingerprint density at radius 1 is 1.23 bits per heavy atom. The first-order valence-electron chi connectivity index (χ1n) is 9.62. The Bertz CT molecular complexity index is 1340. The number of carbonyl (C=O) groups is 1. The van der Waals surface area contributed by atoms with Gasteiger partial charge in [-0.2, -0.15) is 5.10 Å². The van der Waals surface area contributed by atoms with Crippen LogP contribution in [0.4, 0.5) is 0 Å². The first-order valence-corrected chi connectivity index (χ1v) is 11.1. The van der Waals surface area contributed by atoms with Crippen LogP contribution in [-0.4, -0.2) is 52.1 Å². The van der Waals surface area contributed by atoms with E-state index in [1.54, 1.807) is 19.9 Å². The number of aryl methyl sites for hydroxylation is 3. The number of hydrogen-bond acceptors (Lipinski definition) is 7. The molecule has 1 aromatic carbocycles. The van der Waals surface area contributed by atoms with E-state index in [1.165, 1.54) is 33.3 Å². The Hall–Kier alpha value is -3.05. The van der Waals surface area contributed by atoms with E-state index in [0.717, 1.165) is 14.5 Å². The van der Waals surface area contributed by atoms with Crippen molar-refractivity contribution in [3.05, 3.63) is 51.2 Å². The Morgan fingerprint density at radius 2 is 1.90 bits per heavy atom. The van der Waals surface area contributed by atoms with Crippen molar-refractivity contribution in [3.63, 3.8) is 0 Å². The number of benzene rings is 1. The number of fused-ring (bicyclic) bond motifs is 1. The van der Waals surface area contributed by atoms with Crippen LogP contribution in [0.1, 0.15) is 34.4 Å². The predicted octanol–water partition coefficient (Wildman–Crippen LogP) is 1.37. The second kappa shape index (κ2) is 8.23. The van der Waals surface area contributed by atoms with E-state index < -0.39 is 21.6 Å². The third-order valence-corrected chi connectivity index (χ3v) is 6.97. The number of ether oxygens (including phenoxy) is 1. The van der Waals surface area contributed by atoms with Gasteiger partial charge in [0.15, 0.2) is 0 Å². The summed E-state index contributed by atoms with van der Waals surface area (Å²) in [5.41, 5.74) is 1.63. The minimum atomic E-state index is -3.60. The molecule has 0 unspecified atom stereocenters. The van der Waals surface area contributed by atoms with Gasteiger partial charge in [-0.1, -0.05) is 0 Å². The Kier molecular flexibility index (Phi) is 6.01. The van der Waals surface area contributed by atoms with Crippen LogP contribution >= 0.6 is 0 Å². The van der Waals surface area contributed by atoms with Gasteiger partial charge < -0.3 is 9.30 Å². The lowest BCUT2D eigenvalue weighted by Gasteiger charge is -2.11. The monoisotopic (exact) mass is 447 g/mol. The number of imidazole rings is 1. The van der Waals surface area contributed by atoms with Crippen molar-refractivity contribution in [1.29, 1.82) is 0 Å². The van der Waals surface area contributed by atoms with Gasteiger partial charge >= 0.3 is 5.97 Å². The fourth-order valence-electron chi connectivity index (χ4n) is 3.28. The molecule has 0 aliphatic heterocycles. The summed E-state index contributed by atoms with van der Waals surface area (Å²) in [7, 11) is 0.792. The lowest BCUT2D eigenvalue weighted by molar-refractivity contribution is 0.0454. The number of hydrogen-bond donors (Lipinski definition) is 0. The highest BCUT2D eigenvalue weighted by Gasteiger charge is 2.22. The van der Waals surface area contributed by atoms with E-state index in [0.29, 0.717) is 29.1 Å². The molecular weight excluding hydrogens is 422 g/mol. The third kappa shape index (κ3) is 3.98. The molecule has 0 fully saturated rings. The van der Waals surface area contributed by atoms with Crippen molar-refractivity contribution in [2.75, 3.05) is 14.1 Å². The van der Waals surface area contributed by atoms with Crippen molar-refractivity contribution in [2.24, 2.45) is 7.05 Å². The minimum absolute atomic E-state index is 0.0616. The van der Waals surface area contributed by atoms with Crippen molar-refractivity contribution < 1.29 is 17.9 Å². The van der Waals surface area contributed by atoms with Gasteiger partial charge in [-0.05, 0) is 44.5 Å². The van der Waals surface area contributed by atoms with Gasteiger partial charge in [-0.3, -0.25) is 4.79 Å². The van der Waals surface area contributed by atoms with Crippen LogP contribution in [0.5, 0.6) is 0 Å². The molecule has 10 nitrogen and oxygen atoms in total. The van der Waals surface area contributed by atoms with Crippen molar-refractivity contribution in [3.8, 4) is 0 Å². The molecule has 3 rings (SSSR count). The summed E-state index contributed by atoms with van der Waals surface area (Å²) >= 11 is 0. The number of rotatable bonds is 6. The zero-order valence-electron chi connectivity index (χ0n) is 18.3. The second-order valence-corrected chi connectivity index (χ2v) is 9.45. The van der Waals surface area contributed by atoms with Crippen LogP contribution in [0.15, 0.2) is 27.9 Å². The van der Waals surface area contributed by atoms with Gasteiger partial charge in [0.05, 0.1) is 21.6 Å². The summed E-state index contributed by atoms with van der Waals surface area (Å²) in [6.07, 6.45) is 0. The first kappa shape index (κ1) is 22.6. The maximum absolute atomic E-state index is 12.7. The second-order valence-electron chi connectivity index (χ2n) is 7.30. The quantitative estimate of drug-likeness (QED) is 0.524. The maximum Gasteiger partial charge on any atom is 0.344 e. The zero-order valence-corrected chi connectivity index (χ0v) is 19.1. The van der Waals surface area contributed by atoms with Crippen LogP contribution in [-0.2, 0) is 35.0 Å². The predicted molar refractivity (Wildman–Crippen MR) is 114 cm³/mol. The molecule has 0 radical (unpaired) electrons. The molecule has 0 aliphatic rings. The summed E-state index contributed by atoms with van der Waals surface area (Å²) in [6, 6.07) is 4.70. The average Bonchev–Trinajstić information content (AvgIpc) is 3.07. The number of esters is 1. The fraction of sp³-hybridized carbons (Fsp3) is 0.400. The summed E-state index contributed by atoms with van der Waals surface area (Å²) in [5.74, 6) is -0.306. The number of aromatic nitrogens is 4. The van der Waals surface area contributed by atoms with Crippen molar-refractivity contribution in [2.45, 2.75) is 38.8 Å². The molecule has 0 atom stereocenters. The first-order chi connectivity index (χ1) is 14.5. The molecule has 0 N–H and O–H groups in total. The van der Waals surface area contributed by atoms with Crippen LogP contribution < -0.4 is 5.56 Å². The summed E-state index contributed by atoms with van der Waals surface area (Å²) in [4.78, 5) is 29.6. The standard InChI is InChI=1S/C20H25N5O5S/c1-7-25-16-9-8-14(31(28,29)23(4)5)10-15(16)21-17(25)11-30-20(27)18-12(2)13(3)22-24(6)19(18)26/h8-10H,7,11H2,1-6H3. The molecule has 166 valence electrons. The van der Waals surface area contributed by atoms with Gasteiger partial charge in [-0.25, -0.2) is 27.2 Å². The Morgan fingerprint density at radius 3 is 2.52 bits per heavy atom. The van der Waals surface area contributed by atoms with E-state index in [2.05, 4.69) is 10.1 Å². The van der Waals surface area contributed by atoms with Gasteiger partial charge in [0.25, 0.3) is 5.56 Å². The Balaban J connectivity index is 1.96. The molecule has 0 aliphatic carbocycles. The Labute approximate surface area is 180 Å². The van der Waals surface area contributed by atoms with Gasteiger partial charge in [0, 0.05) is 27.7 Å². The summed E-state index contributed by atoms with van der Waals surface area (Å²) < 4.78 is 34.3. The van der Waals surface area contributed by atoms with Crippen LogP contribution in [0.2, 0.25) is 0 Å². The molecule has 0 saturated heterocycles. The van der Waals surface area contributed by atoms with E-state index in [9.17, 15) is 18.0 Å². The smallest absolute Gasteiger partial charge is 0.344 e. The molecule has 0 saturated carbocycles. The zero-order chi connectivity index (χ0) is 23.1. The van der Waals surface area contributed by atoms with E-state index in [-0.39, 0.29) is 17.1 Å². The summed E-state index contributed by atoms with van der Waals surface area (Å²) in [5, 5.41) is 4.06. The van der Waals surface area contributed by atoms with Gasteiger partial charge in [0.1, 0.15) is 18.0 Å². The highest BCUT2D eigenvalue weighted by atomic mass is 32.2. The van der Waals surface area contributed by atoms with Crippen molar-refractivity contribution >= 4 is 27.0 Å². The highest BCUT2D eigenvalue weighted by Crippen LogP contribution is 2.23. The lowest BCUT2D eigenvalue weighted by atomic mass is 10.1. The van der Waals surface area contributed by atoms with Crippen LogP contribution in [0.25, 0.3) is 11.0 Å².